The first-order valence-corrected chi connectivity index (χ1v) is 24.3. The first kappa shape index (κ1) is 43.2. The number of amides is 3. The molecule has 4 N–H and O–H groups in total. The number of nitrogens with one attached hydrogen (secondary N) is 3. The molecule has 0 aromatic carbocycles. The largest absolute Gasteiger partial charge is 0.393 e. The fourth-order valence-corrected chi connectivity index (χ4v) is 14.9. The summed E-state index contributed by atoms with van der Waals surface area (Å²) in [4.78, 5) is 39.5. The number of carbonyl (C=O) groups excluding carboxylic acids is 3. The van der Waals surface area contributed by atoms with E-state index in [-0.39, 0.29) is 47.0 Å². The Morgan fingerprint density at radius 2 is 1.74 bits per heavy atom. The summed E-state index contributed by atoms with van der Waals surface area (Å²) in [7, 11) is 0. The predicted molar refractivity (Wildman–Crippen MR) is 230 cm³/mol. The number of hydrogen-bond donors (Lipinski definition) is 4. The summed E-state index contributed by atoms with van der Waals surface area (Å²) < 4.78 is 7.34. The van der Waals surface area contributed by atoms with Crippen LogP contribution in [0.15, 0.2) is 22.8 Å². The minimum absolute atomic E-state index is 0.0445. The summed E-state index contributed by atoms with van der Waals surface area (Å²) in [5, 5.41) is 20.4. The van der Waals surface area contributed by atoms with Crippen LogP contribution < -0.4 is 16.0 Å². The van der Waals surface area contributed by atoms with Gasteiger partial charge in [0.25, 0.3) is 0 Å². The molecule has 9 nitrogen and oxygen atoms in total. The molecule has 3 aliphatic heterocycles. The molecule has 57 heavy (non-hydrogen) atoms. The number of unbranched alkanes of at least 4 members (excludes halogenated alkanes) is 3. The highest BCUT2D eigenvalue weighted by molar-refractivity contribution is 8.00. The van der Waals surface area contributed by atoms with E-state index >= 15 is 0 Å². The predicted octanol–water partition coefficient (Wildman–Crippen LogP) is 7.32. The van der Waals surface area contributed by atoms with Crippen molar-refractivity contribution in [1.29, 1.82) is 0 Å². The van der Waals surface area contributed by atoms with Crippen molar-refractivity contribution in [3.8, 4) is 0 Å². The van der Waals surface area contributed by atoms with Crippen LogP contribution in [0.3, 0.4) is 0 Å². The van der Waals surface area contributed by atoms with Crippen LogP contribution in [-0.4, -0.2) is 94.8 Å². The Labute approximate surface area is 348 Å². The number of allylic oxidation sites excluding steroid dienone is 2. The highest BCUT2D eigenvalue weighted by Gasteiger charge is 2.61. The monoisotopic (exact) mass is 809 g/mol. The summed E-state index contributed by atoms with van der Waals surface area (Å²) in [6, 6.07) is 0.626. The lowest BCUT2D eigenvalue weighted by Crippen LogP contribution is -2.54. The smallest absolute Gasteiger partial charge is 0.220 e. The van der Waals surface area contributed by atoms with Gasteiger partial charge in [-0.15, -0.1) is 0 Å². The second-order valence-electron chi connectivity index (χ2n) is 20.0. The minimum atomic E-state index is -0.174. The molecule has 10 heteroatoms. The van der Waals surface area contributed by atoms with Gasteiger partial charge in [0.05, 0.1) is 17.8 Å². The van der Waals surface area contributed by atoms with Gasteiger partial charge >= 0.3 is 0 Å². The zero-order valence-corrected chi connectivity index (χ0v) is 37.0. The quantitative estimate of drug-likeness (QED) is 0.101. The molecular formula is C47H76N4O5S. The lowest BCUT2D eigenvalue weighted by molar-refractivity contribution is -0.122. The number of fused-ring (bicyclic) bond motifs is 6. The van der Waals surface area contributed by atoms with Crippen LogP contribution >= 0.6 is 11.8 Å². The molecule has 1 spiro atoms. The fraction of sp³-hybridized carbons (Fsp3) is 0.851. The number of nitrogens with zero attached hydrogens (tertiary/aromatic N) is 1. The second-order valence-corrected chi connectivity index (χ2v) is 21.3. The second kappa shape index (κ2) is 18.4. The average Bonchev–Trinajstić information content (AvgIpc) is 3.81. The van der Waals surface area contributed by atoms with Crippen molar-refractivity contribution >= 4 is 29.5 Å². The fourth-order valence-electron chi connectivity index (χ4n) is 13.3. The number of carbonyl (C=O) groups is 3. The Kier molecular flexibility index (Phi) is 13.9. The van der Waals surface area contributed by atoms with Gasteiger partial charge in [-0.1, -0.05) is 57.8 Å². The third-order valence-electron chi connectivity index (χ3n) is 16.3. The summed E-state index contributed by atoms with van der Waals surface area (Å²) in [6.45, 7) is 16.8. The molecule has 0 aromatic rings. The zero-order chi connectivity index (χ0) is 40.5. The molecule has 3 amide bonds. The van der Waals surface area contributed by atoms with E-state index in [0.717, 1.165) is 95.4 Å². The van der Waals surface area contributed by atoms with Crippen LogP contribution in [0.1, 0.15) is 144 Å². The molecule has 0 bridgehead atoms. The summed E-state index contributed by atoms with van der Waals surface area (Å²) in [6.07, 6.45) is 18.1. The Morgan fingerprint density at radius 3 is 2.51 bits per heavy atom. The molecule has 13 atom stereocenters. The molecule has 4 aliphatic carbocycles. The van der Waals surface area contributed by atoms with Gasteiger partial charge in [0.2, 0.25) is 17.7 Å². The van der Waals surface area contributed by atoms with E-state index < -0.39 is 0 Å². The SMILES string of the molecule is CC(=O)N[C@@H]1[C@H](CCCCC(=O)NCCCCCC(=O)NCCN2C[C@@H](C)C[C@H]3O[C@]4(CC[C@@H]5C(=C4C)C[C@H]4[C@H]5CC=C5C[C@@H](O)CC[C@@]54C)[C@H](C)[C@@H]32)SC[C@@H]1C. The lowest BCUT2D eigenvalue weighted by Gasteiger charge is -2.49. The molecule has 2 saturated carbocycles. The number of aliphatic hydroxyl groups excluding tert-OH is 1. The van der Waals surface area contributed by atoms with Crippen molar-refractivity contribution in [1.82, 2.24) is 20.9 Å². The van der Waals surface area contributed by atoms with E-state index in [4.69, 9.17) is 4.74 Å². The third-order valence-corrected chi connectivity index (χ3v) is 18.0. The Balaban J connectivity index is 0.810. The number of piperidine rings is 1. The maximum absolute atomic E-state index is 12.9. The summed E-state index contributed by atoms with van der Waals surface area (Å²) >= 11 is 1.95. The van der Waals surface area contributed by atoms with Crippen LogP contribution in [0, 0.1) is 40.9 Å². The topological polar surface area (TPSA) is 120 Å². The molecule has 3 saturated heterocycles. The Morgan fingerprint density at radius 1 is 0.982 bits per heavy atom. The molecule has 0 unspecified atom stereocenters. The molecule has 7 rings (SSSR count). The van der Waals surface area contributed by atoms with Crippen LogP contribution in [0.25, 0.3) is 0 Å². The first-order valence-electron chi connectivity index (χ1n) is 23.2. The minimum Gasteiger partial charge on any atom is -0.393 e. The molecule has 5 fully saturated rings. The molecule has 320 valence electrons. The average molecular weight is 809 g/mol. The maximum Gasteiger partial charge on any atom is 0.220 e. The molecular weight excluding hydrogens is 733 g/mol. The van der Waals surface area contributed by atoms with E-state index in [2.05, 4.69) is 61.5 Å². The lowest BCUT2D eigenvalue weighted by atomic mass is 9.56. The van der Waals surface area contributed by atoms with Gasteiger partial charge in [0.15, 0.2) is 0 Å². The van der Waals surface area contributed by atoms with Crippen molar-refractivity contribution in [2.45, 2.75) is 179 Å². The van der Waals surface area contributed by atoms with Gasteiger partial charge in [0.1, 0.15) is 0 Å². The van der Waals surface area contributed by atoms with Crippen LogP contribution in [0.5, 0.6) is 0 Å². The highest BCUT2D eigenvalue weighted by atomic mass is 32.2. The van der Waals surface area contributed by atoms with Gasteiger partial charge in [-0.25, -0.2) is 0 Å². The summed E-state index contributed by atoms with van der Waals surface area (Å²) in [5.41, 5.74) is 4.87. The van der Waals surface area contributed by atoms with Crippen LogP contribution in [0.4, 0.5) is 0 Å². The van der Waals surface area contributed by atoms with Crippen molar-refractivity contribution in [3.05, 3.63) is 22.8 Å². The van der Waals surface area contributed by atoms with Crippen LogP contribution in [0.2, 0.25) is 0 Å². The van der Waals surface area contributed by atoms with E-state index in [1.807, 2.05) is 11.8 Å². The van der Waals surface area contributed by atoms with Gasteiger partial charge in [0, 0.05) is 69.2 Å². The maximum atomic E-state index is 12.9. The number of aliphatic hydroxyl groups is 1. The Bertz CT molecular complexity index is 1530. The molecule has 0 radical (unpaired) electrons. The van der Waals surface area contributed by atoms with Crippen molar-refractivity contribution < 1.29 is 24.2 Å². The van der Waals surface area contributed by atoms with Gasteiger partial charge in [-0.2, -0.15) is 11.8 Å². The summed E-state index contributed by atoms with van der Waals surface area (Å²) in [5.74, 6) is 4.96. The Hall–Kier alpha value is -1.88. The van der Waals surface area contributed by atoms with E-state index in [1.54, 1.807) is 18.1 Å². The van der Waals surface area contributed by atoms with Gasteiger partial charge < -0.3 is 25.8 Å². The van der Waals surface area contributed by atoms with Crippen molar-refractivity contribution in [2.24, 2.45) is 40.9 Å². The molecule has 3 heterocycles. The van der Waals surface area contributed by atoms with Crippen LogP contribution in [-0.2, 0) is 19.1 Å². The molecule has 0 aromatic heterocycles. The van der Waals surface area contributed by atoms with Crippen molar-refractivity contribution in [2.75, 3.05) is 31.9 Å². The standard InChI is InChI=1S/C47H76N4O5S/c1-29-24-40-45(32(4)47(56-40)20-18-36-37-16-15-34-25-35(53)17-19-46(34,6)39(37)26-38(36)31(47)3)51(27-29)23-22-49-43(55)13-8-7-11-21-48-42(54)14-10-9-12-41-44(50-33(5)52)30(2)28-57-41/h15,29-30,32,35-37,39-41,44-45,53H,7-14,16-28H2,1-6H3,(H,48,54)(H,49,55)(H,50,52)/t29-,30-,32+,35-,36-,37-,39-,40+,41-,44-,45-,46-,47-/m0/s1. The normalized spacial score (nSPS) is 39.9. The first-order chi connectivity index (χ1) is 27.3. The van der Waals surface area contributed by atoms with Gasteiger partial charge in [-0.3, -0.25) is 19.3 Å². The van der Waals surface area contributed by atoms with Crippen molar-refractivity contribution in [3.63, 3.8) is 0 Å². The number of ether oxygens (including phenoxy) is 1. The van der Waals surface area contributed by atoms with E-state index in [1.165, 1.54) is 24.8 Å². The zero-order valence-electron chi connectivity index (χ0n) is 36.2. The number of likely N-dealkylation sites (tertiary alicyclic amines) is 1. The van der Waals surface area contributed by atoms with Gasteiger partial charge in [-0.05, 0) is 130 Å². The third kappa shape index (κ3) is 9.10. The number of rotatable bonds is 15. The van der Waals surface area contributed by atoms with E-state index in [0.29, 0.717) is 66.8 Å². The number of hydrogen-bond acceptors (Lipinski definition) is 7. The molecule has 7 aliphatic rings. The van der Waals surface area contributed by atoms with E-state index in [9.17, 15) is 19.5 Å². The highest BCUT2D eigenvalue weighted by Crippen LogP contribution is 2.65. The number of thioether (sulfide) groups is 1.